The minimum absolute atomic E-state index is 0.00507. The molecule has 0 saturated carbocycles. The van der Waals surface area contributed by atoms with Gasteiger partial charge in [-0.2, -0.15) is 5.10 Å². The van der Waals surface area contributed by atoms with Crippen LogP contribution >= 0.6 is 0 Å². The molecule has 1 saturated heterocycles. The molecule has 23 heavy (non-hydrogen) atoms. The summed E-state index contributed by atoms with van der Waals surface area (Å²) in [7, 11) is 3.60. The average molecular weight is 316 g/mol. The summed E-state index contributed by atoms with van der Waals surface area (Å²) >= 11 is 0. The maximum Gasteiger partial charge on any atom is 0.228 e. The van der Waals surface area contributed by atoms with Crippen molar-refractivity contribution in [1.29, 1.82) is 0 Å². The van der Waals surface area contributed by atoms with Crippen LogP contribution < -0.4 is 0 Å². The molecule has 0 aromatic carbocycles. The van der Waals surface area contributed by atoms with Gasteiger partial charge in [0, 0.05) is 45.4 Å². The molecule has 7 nitrogen and oxygen atoms in total. The summed E-state index contributed by atoms with van der Waals surface area (Å²) in [6.07, 6.45) is 5.47. The summed E-state index contributed by atoms with van der Waals surface area (Å²) in [6.45, 7) is 1.35. The van der Waals surface area contributed by atoms with Gasteiger partial charge in [0.05, 0.1) is 24.9 Å². The van der Waals surface area contributed by atoms with Crippen molar-refractivity contribution in [3.05, 3.63) is 42.1 Å². The van der Waals surface area contributed by atoms with E-state index >= 15 is 0 Å². The first-order valence-electron chi connectivity index (χ1n) is 7.55. The van der Waals surface area contributed by atoms with Crippen LogP contribution in [0.25, 0.3) is 0 Å². The number of aryl methyl sites for hydroxylation is 1. The second kappa shape index (κ2) is 6.28. The lowest BCUT2D eigenvalue weighted by molar-refractivity contribution is -0.135. The van der Waals surface area contributed by atoms with Gasteiger partial charge in [0.25, 0.3) is 0 Å². The van der Waals surface area contributed by atoms with Gasteiger partial charge in [-0.05, 0) is 12.1 Å². The van der Waals surface area contributed by atoms with Crippen LogP contribution in [-0.4, -0.2) is 45.0 Å². The molecule has 0 aliphatic carbocycles. The highest BCUT2D eigenvalue weighted by Crippen LogP contribution is 2.22. The van der Waals surface area contributed by atoms with Gasteiger partial charge in [-0.3, -0.25) is 14.3 Å². The van der Waals surface area contributed by atoms with Crippen LogP contribution in [0.4, 0.5) is 0 Å². The van der Waals surface area contributed by atoms with Crippen LogP contribution in [-0.2, 0) is 29.7 Å². The Morgan fingerprint density at radius 2 is 2.35 bits per heavy atom. The smallest absolute Gasteiger partial charge is 0.228 e. The molecule has 0 spiro atoms. The lowest BCUT2D eigenvalue weighted by atomic mass is 10.1. The van der Waals surface area contributed by atoms with Crippen LogP contribution in [0.2, 0.25) is 0 Å². The SMILES string of the molecule is CN(Cc1cnn(C)c1)C(=O)[C@@H]1CC(=O)N(Cc2ccco2)C1. The first kappa shape index (κ1) is 15.3. The van der Waals surface area contributed by atoms with Crippen LogP contribution in [0.3, 0.4) is 0 Å². The molecular weight excluding hydrogens is 296 g/mol. The van der Waals surface area contributed by atoms with Gasteiger partial charge in [-0.25, -0.2) is 0 Å². The number of hydrogen-bond donors (Lipinski definition) is 0. The van der Waals surface area contributed by atoms with Crippen molar-refractivity contribution < 1.29 is 14.0 Å². The maximum absolute atomic E-state index is 12.5. The van der Waals surface area contributed by atoms with E-state index in [1.807, 2.05) is 19.3 Å². The molecule has 1 atom stereocenters. The molecule has 122 valence electrons. The second-order valence-corrected chi connectivity index (χ2v) is 5.97. The molecule has 0 bridgehead atoms. The Kier molecular flexibility index (Phi) is 4.18. The van der Waals surface area contributed by atoms with Crippen LogP contribution in [0.1, 0.15) is 17.7 Å². The lowest BCUT2D eigenvalue weighted by Crippen LogP contribution is -2.34. The highest BCUT2D eigenvalue weighted by atomic mass is 16.3. The molecule has 2 aromatic rings. The van der Waals surface area contributed by atoms with Gasteiger partial charge in [-0.15, -0.1) is 0 Å². The van der Waals surface area contributed by atoms with Crippen LogP contribution in [0, 0.1) is 5.92 Å². The fourth-order valence-corrected chi connectivity index (χ4v) is 2.90. The molecule has 3 rings (SSSR count). The van der Waals surface area contributed by atoms with Gasteiger partial charge in [0.15, 0.2) is 0 Å². The Labute approximate surface area is 134 Å². The molecule has 1 aliphatic rings. The minimum Gasteiger partial charge on any atom is -0.467 e. The summed E-state index contributed by atoms with van der Waals surface area (Å²) < 4.78 is 6.98. The standard InChI is InChI=1S/C16H20N4O3/c1-18(8-12-7-17-19(2)9-12)16(22)13-6-15(21)20(10-13)11-14-4-3-5-23-14/h3-5,7,9,13H,6,8,10-11H2,1-2H3/t13-/m1/s1. The Bertz CT molecular complexity index is 692. The number of likely N-dealkylation sites (tertiary alicyclic amines) is 1. The molecular formula is C16H20N4O3. The third-order valence-corrected chi connectivity index (χ3v) is 4.04. The van der Waals surface area contributed by atoms with Gasteiger partial charge in [0.2, 0.25) is 11.8 Å². The van der Waals surface area contributed by atoms with E-state index in [4.69, 9.17) is 4.42 Å². The summed E-state index contributed by atoms with van der Waals surface area (Å²) in [6, 6.07) is 3.62. The van der Waals surface area contributed by atoms with Crippen LogP contribution in [0.5, 0.6) is 0 Å². The maximum atomic E-state index is 12.5. The average Bonchev–Trinajstić information content (AvgIpc) is 3.23. The van der Waals surface area contributed by atoms with Crippen molar-refractivity contribution in [2.75, 3.05) is 13.6 Å². The highest BCUT2D eigenvalue weighted by molar-refractivity contribution is 5.89. The van der Waals surface area contributed by atoms with Crippen LogP contribution in [0.15, 0.2) is 35.2 Å². The molecule has 2 aromatic heterocycles. The van der Waals surface area contributed by atoms with Crippen molar-refractivity contribution in [2.45, 2.75) is 19.5 Å². The zero-order valence-corrected chi connectivity index (χ0v) is 13.3. The Morgan fingerprint density at radius 1 is 1.52 bits per heavy atom. The van der Waals surface area contributed by atoms with E-state index < -0.39 is 0 Å². The molecule has 1 fully saturated rings. The normalized spacial score (nSPS) is 17.7. The van der Waals surface area contributed by atoms with E-state index in [0.717, 1.165) is 11.3 Å². The number of nitrogens with zero attached hydrogens (tertiary/aromatic N) is 4. The third-order valence-electron chi connectivity index (χ3n) is 4.04. The van der Waals surface area contributed by atoms with Crippen molar-refractivity contribution in [2.24, 2.45) is 13.0 Å². The monoisotopic (exact) mass is 316 g/mol. The number of carbonyl (C=O) groups excluding carboxylic acids is 2. The van der Waals surface area contributed by atoms with E-state index in [0.29, 0.717) is 19.6 Å². The number of carbonyl (C=O) groups is 2. The van der Waals surface area contributed by atoms with E-state index in [1.165, 1.54) is 0 Å². The van der Waals surface area contributed by atoms with Crippen molar-refractivity contribution in [3.8, 4) is 0 Å². The number of furan rings is 1. The Balaban J connectivity index is 1.58. The van der Waals surface area contributed by atoms with Gasteiger partial charge >= 0.3 is 0 Å². The largest absolute Gasteiger partial charge is 0.467 e. The number of hydrogen-bond acceptors (Lipinski definition) is 4. The minimum atomic E-state index is -0.292. The van der Waals surface area contributed by atoms with E-state index in [1.54, 1.807) is 40.1 Å². The molecule has 0 unspecified atom stereocenters. The third kappa shape index (κ3) is 3.44. The number of amides is 2. The molecule has 7 heteroatoms. The Morgan fingerprint density at radius 3 is 3.00 bits per heavy atom. The summed E-state index contributed by atoms with van der Waals surface area (Å²) in [5.41, 5.74) is 0.972. The predicted molar refractivity (Wildman–Crippen MR) is 81.9 cm³/mol. The van der Waals surface area contributed by atoms with Crippen molar-refractivity contribution in [1.82, 2.24) is 19.6 Å². The molecule has 0 N–H and O–H groups in total. The van der Waals surface area contributed by atoms with E-state index in [-0.39, 0.29) is 24.2 Å². The summed E-state index contributed by atoms with van der Waals surface area (Å²) in [4.78, 5) is 28.0. The fourth-order valence-electron chi connectivity index (χ4n) is 2.90. The molecule has 2 amide bonds. The highest BCUT2D eigenvalue weighted by Gasteiger charge is 2.36. The van der Waals surface area contributed by atoms with E-state index in [9.17, 15) is 9.59 Å². The number of rotatable bonds is 5. The van der Waals surface area contributed by atoms with Gasteiger partial charge in [-0.1, -0.05) is 0 Å². The quantitative estimate of drug-likeness (QED) is 0.826. The molecule has 0 radical (unpaired) electrons. The second-order valence-electron chi connectivity index (χ2n) is 5.97. The van der Waals surface area contributed by atoms with Gasteiger partial charge < -0.3 is 14.2 Å². The molecule has 3 heterocycles. The van der Waals surface area contributed by atoms with Gasteiger partial charge in [0.1, 0.15) is 5.76 Å². The van der Waals surface area contributed by atoms with Crippen molar-refractivity contribution >= 4 is 11.8 Å². The zero-order chi connectivity index (χ0) is 16.4. The topological polar surface area (TPSA) is 71.6 Å². The number of aromatic nitrogens is 2. The lowest BCUT2D eigenvalue weighted by Gasteiger charge is -2.20. The fraction of sp³-hybridized carbons (Fsp3) is 0.438. The zero-order valence-electron chi connectivity index (χ0n) is 13.3. The first-order chi connectivity index (χ1) is 11.0. The van der Waals surface area contributed by atoms with Crippen molar-refractivity contribution in [3.63, 3.8) is 0 Å². The Hall–Kier alpha value is -2.57. The molecule has 1 aliphatic heterocycles. The summed E-state index contributed by atoms with van der Waals surface area (Å²) in [5, 5.41) is 4.10. The first-order valence-corrected chi connectivity index (χ1v) is 7.55. The predicted octanol–water partition coefficient (Wildman–Crippen LogP) is 1.02. The van der Waals surface area contributed by atoms with E-state index in [2.05, 4.69) is 5.10 Å². The summed E-state index contributed by atoms with van der Waals surface area (Å²) in [5.74, 6) is 0.424.